The lowest BCUT2D eigenvalue weighted by molar-refractivity contribution is -0.145. The van der Waals surface area contributed by atoms with E-state index in [1.165, 1.54) is 10.9 Å². The highest BCUT2D eigenvalue weighted by atomic mass is 16.5. The number of fused-ring (bicyclic) bond motifs is 1. The van der Waals surface area contributed by atoms with E-state index in [0.717, 1.165) is 17.6 Å². The van der Waals surface area contributed by atoms with Crippen LogP contribution in [0.1, 0.15) is 35.4 Å². The standard InChI is InChI=1S/C24H22N4O2/c1-17-21(14-25)23(28(27-17)19-9-3-2-4-10-19)16-30-24(29)13-7-8-18-15-26-22-12-6-5-11-20(18)22/h2-6,9-12,15,26H,7-8,13,16H2,1H3. The quantitative estimate of drug-likeness (QED) is 0.461. The van der Waals surface area contributed by atoms with Gasteiger partial charge in [-0.15, -0.1) is 0 Å². The van der Waals surface area contributed by atoms with E-state index < -0.39 is 0 Å². The summed E-state index contributed by atoms with van der Waals surface area (Å²) in [6, 6.07) is 19.8. The molecule has 6 heteroatoms. The zero-order valence-corrected chi connectivity index (χ0v) is 16.8. The summed E-state index contributed by atoms with van der Waals surface area (Å²) in [5.41, 5.74) is 4.78. The van der Waals surface area contributed by atoms with Crippen molar-refractivity contribution in [3.05, 3.63) is 83.3 Å². The number of H-pyrrole nitrogens is 1. The molecule has 0 aliphatic carbocycles. The number of aromatic amines is 1. The molecule has 0 fully saturated rings. The summed E-state index contributed by atoms with van der Waals surface area (Å²) in [5, 5.41) is 15.2. The first kappa shape index (κ1) is 19.5. The second-order valence-corrected chi connectivity index (χ2v) is 7.14. The van der Waals surface area contributed by atoms with Crippen LogP contribution in [0.3, 0.4) is 0 Å². The van der Waals surface area contributed by atoms with Gasteiger partial charge in [-0.3, -0.25) is 4.79 Å². The fraction of sp³-hybridized carbons (Fsp3) is 0.208. The van der Waals surface area contributed by atoms with Crippen molar-refractivity contribution in [1.29, 1.82) is 5.26 Å². The fourth-order valence-corrected chi connectivity index (χ4v) is 3.62. The first-order valence-electron chi connectivity index (χ1n) is 9.92. The summed E-state index contributed by atoms with van der Waals surface area (Å²) in [7, 11) is 0. The molecule has 0 saturated carbocycles. The van der Waals surface area contributed by atoms with Gasteiger partial charge < -0.3 is 9.72 Å². The van der Waals surface area contributed by atoms with Crippen molar-refractivity contribution in [2.75, 3.05) is 0 Å². The van der Waals surface area contributed by atoms with E-state index in [4.69, 9.17) is 4.74 Å². The van der Waals surface area contributed by atoms with Crippen LogP contribution in [0.2, 0.25) is 0 Å². The van der Waals surface area contributed by atoms with Crippen molar-refractivity contribution < 1.29 is 9.53 Å². The van der Waals surface area contributed by atoms with E-state index >= 15 is 0 Å². The number of para-hydroxylation sites is 2. The molecule has 0 aliphatic rings. The molecule has 150 valence electrons. The Balaban J connectivity index is 1.39. The Morgan fingerprint density at radius 3 is 2.73 bits per heavy atom. The lowest BCUT2D eigenvalue weighted by Crippen LogP contribution is -2.10. The van der Waals surface area contributed by atoms with Crippen LogP contribution in [0.25, 0.3) is 16.6 Å². The summed E-state index contributed by atoms with van der Waals surface area (Å²) in [6.45, 7) is 1.80. The first-order chi connectivity index (χ1) is 14.7. The Morgan fingerprint density at radius 2 is 1.93 bits per heavy atom. The number of nitriles is 1. The fourth-order valence-electron chi connectivity index (χ4n) is 3.62. The molecule has 0 spiro atoms. The van der Waals surface area contributed by atoms with Gasteiger partial charge in [-0.05, 0) is 43.5 Å². The van der Waals surface area contributed by atoms with Crippen LogP contribution in [0, 0.1) is 18.3 Å². The first-order valence-corrected chi connectivity index (χ1v) is 9.92. The predicted octanol–water partition coefficient (Wildman–Crippen LogP) is 4.60. The van der Waals surface area contributed by atoms with Crippen LogP contribution in [0.5, 0.6) is 0 Å². The molecule has 2 heterocycles. The summed E-state index contributed by atoms with van der Waals surface area (Å²) in [5.74, 6) is -0.280. The molecule has 2 aromatic carbocycles. The number of hydrogen-bond donors (Lipinski definition) is 1. The Hall–Kier alpha value is -3.85. The third-order valence-corrected chi connectivity index (χ3v) is 5.14. The smallest absolute Gasteiger partial charge is 0.306 e. The summed E-state index contributed by atoms with van der Waals surface area (Å²) in [4.78, 5) is 15.6. The van der Waals surface area contributed by atoms with Crippen LogP contribution < -0.4 is 0 Å². The minimum absolute atomic E-state index is 0.0184. The minimum atomic E-state index is -0.280. The molecule has 0 atom stereocenters. The maximum absolute atomic E-state index is 12.3. The number of ether oxygens (including phenoxy) is 1. The molecule has 6 nitrogen and oxygen atoms in total. The van der Waals surface area contributed by atoms with Gasteiger partial charge in [0, 0.05) is 23.5 Å². The number of carbonyl (C=O) groups excluding carboxylic acids is 1. The lowest BCUT2D eigenvalue weighted by atomic mass is 10.1. The molecular formula is C24H22N4O2. The van der Waals surface area contributed by atoms with E-state index in [-0.39, 0.29) is 12.6 Å². The number of rotatable bonds is 7. The monoisotopic (exact) mass is 398 g/mol. The van der Waals surface area contributed by atoms with Crippen LogP contribution in [-0.4, -0.2) is 20.7 Å². The van der Waals surface area contributed by atoms with Crippen molar-refractivity contribution in [3.63, 3.8) is 0 Å². The van der Waals surface area contributed by atoms with Crippen molar-refractivity contribution >= 4 is 16.9 Å². The third-order valence-electron chi connectivity index (χ3n) is 5.14. The SMILES string of the molecule is Cc1nn(-c2ccccc2)c(COC(=O)CCCc2c[nH]c3ccccc23)c1C#N. The highest BCUT2D eigenvalue weighted by molar-refractivity contribution is 5.83. The number of benzene rings is 2. The van der Waals surface area contributed by atoms with Gasteiger partial charge >= 0.3 is 5.97 Å². The Morgan fingerprint density at radius 1 is 1.17 bits per heavy atom. The zero-order valence-electron chi connectivity index (χ0n) is 16.8. The molecule has 0 amide bonds. The van der Waals surface area contributed by atoms with E-state index in [1.807, 2.05) is 54.7 Å². The highest BCUT2D eigenvalue weighted by Gasteiger charge is 2.18. The molecule has 4 rings (SSSR count). The molecule has 0 bridgehead atoms. The number of nitrogens with one attached hydrogen (secondary N) is 1. The molecule has 0 radical (unpaired) electrons. The van der Waals surface area contributed by atoms with Gasteiger partial charge in [0.1, 0.15) is 18.2 Å². The second-order valence-electron chi connectivity index (χ2n) is 7.14. The van der Waals surface area contributed by atoms with E-state index in [9.17, 15) is 10.1 Å². The number of nitrogens with zero attached hydrogens (tertiary/aromatic N) is 3. The van der Waals surface area contributed by atoms with Crippen LogP contribution >= 0.6 is 0 Å². The average Bonchev–Trinajstić information content (AvgIpc) is 3.33. The summed E-state index contributed by atoms with van der Waals surface area (Å²) >= 11 is 0. The molecule has 0 unspecified atom stereocenters. The summed E-state index contributed by atoms with van der Waals surface area (Å²) < 4.78 is 7.17. The topological polar surface area (TPSA) is 83.7 Å². The largest absolute Gasteiger partial charge is 0.459 e. The number of esters is 1. The lowest BCUT2D eigenvalue weighted by Gasteiger charge is -2.09. The Bertz CT molecular complexity index is 1220. The highest BCUT2D eigenvalue weighted by Crippen LogP contribution is 2.21. The van der Waals surface area contributed by atoms with Crippen LogP contribution in [0.15, 0.2) is 60.8 Å². The maximum atomic E-state index is 12.3. The van der Waals surface area contributed by atoms with Crippen LogP contribution in [0.4, 0.5) is 0 Å². The molecule has 2 aromatic heterocycles. The van der Waals surface area contributed by atoms with Gasteiger partial charge in [0.15, 0.2) is 0 Å². The van der Waals surface area contributed by atoms with Crippen molar-refractivity contribution in [1.82, 2.24) is 14.8 Å². The Kier molecular flexibility index (Phi) is 5.62. The zero-order chi connectivity index (χ0) is 20.9. The van der Waals surface area contributed by atoms with Gasteiger partial charge in [-0.2, -0.15) is 10.4 Å². The number of hydrogen-bond acceptors (Lipinski definition) is 4. The van der Waals surface area contributed by atoms with Crippen LogP contribution in [-0.2, 0) is 22.6 Å². The maximum Gasteiger partial charge on any atom is 0.306 e. The van der Waals surface area contributed by atoms with Gasteiger partial charge in [0.25, 0.3) is 0 Å². The molecule has 0 aliphatic heterocycles. The van der Waals surface area contributed by atoms with Gasteiger partial charge in [-0.1, -0.05) is 36.4 Å². The molecule has 0 saturated heterocycles. The molecule has 1 N–H and O–H groups in total. The van der Waals surface area contributed by atoms with E-state index in [0.29, 0.717) is 29.8 Å². The minimum Gasteiger partial charge on any atom is -0.459 e. The summed E-state index contributed by atoms with van der Waals surface area (Å²) in [6.07, 6.45) is 3.81. The molecule has 4 aromatic rings. The molecule has 30 heavy (non-hydrogen) atoms. The van der Waals surface area contributed by atoms with Gasteiger partial charge in [0.05, 0.1) is 17.1 Å². The van der Waals surface area contributed by atoms with Gasteiger partial charge in [0.2, 0.25) is 0 Å². The normalized spacial score (nSPS) is 10.8. The number of aromatic nitrogens is 3. The number of aryl methyl sites for hydroxylation is 2. The third kappa shape index (κ3) is 3.96. The van der Waals surface area contributed by atoms with E-state index in [1.54, 1.807) is 11.6 Å². The predicted molar refractivity (Wildman–Crippen MR) is 114 cm³/mol. The van der Waals surface area contributed by atoms with Crippen molar-refractivity contribution in [3.8, 4) is 11.8 Å². The van der Waals surface area contributed by atoms with Crippen molar-refractivity contribution in [2.45, 2.75) is 32.8 Å². The van der Waals surface area contributed by atoms with Gasteiger partial charge in [-0.25, -0.2) is 4.68 Å². The average molecular weight is 398 g/mol. The van der Waals surface area contributed by atoms with E-state index in [2.05, 4.69) is 22.2 Å². The second kappa shape index (κ2) is 8.66. The van der Waals surface area contributed by atoms with Crippen molar-refractivity contribution in [2.24, 2.45) is 0 Å². The number of carbonyl (C=O) groups is 1. The Labute approximate surface area is 174 Å². The molecular weight excluding hydrogens is 376 g/mol.